The van der Waals surface area contributed by atoms with Gasteiger partial charge in [0.15, 0.2) is 0 Å². The first-order chi connectivity index (χ1) is 5.11. The third-order valence-corrected chi connectivity index (χ3v) is 1.08. The molecule has 0 saturated carbocycles. The molecule has 5 heteroatoms. The molecule has 0 atom stereocenters. The normalized spacial score (nSPS) is 9.45. The highest BCUT2D eigenvalue weighted by Crippen LogP contribution is 1.98. The summed E-state index contributed by atoms with van der Waals surface area (Å²) in [7, 11) is 1.46. The number of carbonyl (C=O) groups is 1. The maximum Gasteiger partial charge on any atom is 0.340 e. The van der Waals surface area contributed by atoms with E-state index in [4.69, 9.17) is 0 Å². The molecule has 0 rings (SSSR count). The molecule has 0 aromatic rings. The summed E-state index contributed by atoms with van der Waals surface area (Å²) in [6, 6.07) is -0.464. The first-order valence-electron chi connectivity index (χ1n) is 3.44. The zero-order valence-electron chi connectivity index (χ0n) is 7.00. The Morgan fingerprint density at radius 2 is 2.18 bits per heavy atom. The van der Waals surface area contributed by atoms with E-state index in [2.05, 4.69) is 10.6 Å². The quantitative estimate of drug-likeness (QED) is 0.492. The Bertz CT molecular complexity index is 147. The molecule has 0 saturated heterocycles. The number of nitrogens with one attached hydrogen (secondary N) is 1. The van der Waals surface area contributed by atoms with E-state index in [1.807, 2.05) is 13.8 Å². The first-order valence-corrected chi connectivity index (χ1v) is 3.44. The minimum atomic E-state index is -0.464. The number of nitroso groups, excluding NO2 is 1. The highest BCUT2D eigenvalue weighted by molar-refractivity contribution is 5.73. The van der Waals surface area contributed by atoms with Crippen LogP contribution >= 0.6 is 0 Å². The molecule has 0 aromatic heterocycles. The molecule has 11 heavy (non-hydrogen) atoms. The van der Waals surface area contributed by atoms with Crippen molar-refractivity contribution in [3.8, 4) is 0 Å². The average Bonchev–Trinajstić information content (AvgIpc) is 1.98. The van der Waals surface area contributed by atoms with Crippen molar-refractivity contribution in [2.45, 2.75) is 13.8 Å². The van der Waals surface area contributed by atoms with Gasteiger partial charge in [-0.1, -0.05) is 13.8 Å². The molecule has 2 amide bonds. The molecular weight excluding hydrogens is 146 g/mol. The van der Waals surface area contributed by atoms with Crippen molar-refractivity contribution >= 4 is 6.03 Å². The summed E-state index contributed by atoms with van der Waals surface area (Å²) in [6.45, 7) is 4.16. The van der Waals surface area contributed by atoms with Crippen LogP contribution in [0.15, 0.2) is 5.29 Å². The second-order valence-corrected chi connectivity index (χ2v) is 2.61. The maximum atomic E-state index is 10.8. The van der Waals surface area contributed by atoms with Gasteiger partial charge in [-0.2, -0.15) is 5.01 Å². The van der Waals surface area contributed by atoms with Crippen molar-refractivity contribution in [2.24, 2.45) is 11.2 Å². The van der Waals surface area contributed by atoms with Crippen LogP contribution in [0.4, 0.5) is 4.79 Å². The molecule has 0 spiro atoms. The fourth-order valence-electron chi connectivity index (χ4n) is 0.628. The minimum Gasteiger partial charge on any atom is -0.339 e. The summed E-state index contributed by atoms with van der Waals surface area (Å²) >= 11 is 0. The molecule has 1 N–H and O–H groups in total. The number of urea groups is 1. The fourth-order valence-corrected chi connectivity index (χ4v) is 0.628. The molecule has 0 aliphatic heterocycles. The van der Waals surface area contributed by atoms with Gasteiger partial charge in [0.05, 0.1) is 11.8 Å². The molecule has 0 aliphatic carbocycles. The number of hydrogen-bond acceptors (Lipinski definition) is 3. The summed E-state index contributed by atoms with van der Waals surface area (Å²) in [4.78, 5) is 20.9. The van der Waals surface area contributed by atoms with Gasteiger partial charge >= 0.3 is 6.03 Å². The van der Waals surface area contributed by atoms with Gasteiger partial charge in [0.25, 0.3) is 0 Å². The number of rotatable bonds is 3. The van der Waals surface area contributed by atoms with E-state index in [0.29, 0.717) is 6.54 Å². The second-order valence-electron chi connectivity index (χ2n) is 2.61. The van der Waals surface area contributed by atoms with Gasteiger partial charge in [-0.05, 0) is 5.92 Å². The number of hydrogen-bond donors (Lipinski definition) is 1. The molecule has 0 unspecified atom stereocenters. The number of amides is 2. The molecule has 64 valence electrons. The number of carbonyl (C=O) groups excluding carboxylic acids is 1. The minimum absolute atomic E-state index is 0.241. The Morgan fingerprint density at radius 1 is 1.64 bits per heavy atom. The van der Waals surface area contributed by atoms with E-state index >= 15 is 0 Å². The Morgan fingerprint density at radius 3 is 2.45 bits per heavy atom. The molecule has 0 fully saturated rings. The van der Waals surface area contributed by atoms with Crippen LogP contribution in [0, 0.1) is 10.8 Å². The molecule has 0 aromatic carbocycles. The van der Waals surface area contributed by atoms with E-state index < -0.39 is 6.03 Å². The highest BCUT2D eigenvalue weighted by atomic mass is 16.3. The lowest BCUT2D eigenvalue weighted by molar-refractivity contribution is 0.194. The lowest BCUT2D eigenvalue weighted by atomic mass is 10.2. The summed E-state index contributed by atoms with van der Waals surface area (Å²) in [6.07, 6.45) is 0. The van der Waals surface area contributed by atoms with Gasteiger partial charge in [-0.3, -0.25) is 0 Å². The molecule has 0 radical (unpaired) electrons. The van der Waals surface area contributed by atoms with Crippen LogP contribution in [0.2, 0.25) is 0 Å². The van der Waals surface area contributed by atoms with Crippen molar-refractivity contribution in [1.29, 1.82) is 0 Å². The fraction of sp³-hybridized carbons (Fsp3) is 0.833. The summed E-state index contributed by atoms with van der Waals surface area (Å²) in [5, 5.41) is 5.75. The summed E-state index contributed by atoms with van der Waals surface area (Å²) in [5.41, 5.74) is 0. The lowest BCUT2D eigenvalue weighted by Crippen LogP contribution is -2.36. The summed E-state index contributed by atoms with van der Waals surface area (Å²) < 4.78 is 0. The molecule has 5 nitrogen and oxygen atoms in total. The van der Waals surface area contributed by atoms with Gasteiger partial charge in [0, 0.05) is 7.05 Å². The SMILES string of the molecule is CNC(=O)N(CC(C)C)N=O. The van der Waals surface area contributed by atoms with Crippen LogP contribution in [0.1, 0.15) is 13.8 Å². The van der Waals surface area contributed by atoms with Gasteiger partial charge in [0.2, 0.25) is 0 Å². The van der Waals surface area contributed by atoms with E-state index in [9.17, 15) is 9.70 Å². The van der Waals surface area contributed by atoms with Gasteiger partial charge in [0.1, 0.15) is 0 Å². The van der Waals surface area contributed by atoms with Crippen LogP contribution in [-0.4, -0.2) is 24.6 Å². The van der Waals surface area contributed by atoms with Crippen LogP contribution in [0.25, 0.3) is 0 Å². The predicted molar refractivity (Wildman–Crippen MR) is 41.8 cm³/mol. The largest absolute Gasteiger partial charge is 0.340 e. The van der Waals surface area contributed by atoms with Gasteiger partial charge in [-0.25, -0.2) is 4.79 Å². The molecule has 0 bridgehead atoms. The second kappa shape index (κ2) is 4.65. The van der Waals surface area contributed by atoms with Gasteiger partial charge < -0.3 is 5.32 Å². The van der Waals surface area contributed by atoms with E-state index in [1.165, 1.54) is 7.05 Å². The summed E-state index contributed by atoms with van der Waals surface area (Å²) in [5.74, 6) is 0.241. The molecule has 0 aliphatic rings. The molecular formula is C6H13N3O2. The maximum absolute atomic E-state index is 10.8. The third-order valence-electron chi connectivity index (χ3n) is 1.08. The van der Waals surface area contributed by atoms with Crippen molar-refractivity contribution in [3.05, 3.63) is 4.91 Å². The Kier molecular flexibility index (Phi) is 4.17. The van der Waals surface area contributed by atoms with E-state index in [0.717, 1.165) is 5.01 Å². The van der Waals surface area contributed by atoms with Crippen molar-refractivity contribution in [3.63, 3.8) is 0 Å². The predicted octanol–water partition coefficient (Wildman–Crippen LogP) is 0.965. The standard InChI is InChI=1S/C6H13N3O2/c1-5(2)4-9(8-11)6(10)7-3/h5H,4H2,1-3H3,(H,7,10). The van der Waals surface area contributed by atoms with Crippen molar-refractivity contribution in [2.75, 3.05) is 13.6 Å². The zero-order chi connectivity index (χ0) is 8.85. The Balaban J connectivity index is 3.95. The zero-order valence-corrected chi connectivity index (χ0v) is 7.00. The van der Waals surface area contributed by atoms with Crippen molar-refractivity contribution < 1.29 is 4.79 Å². The first kappa shape index (κ1) is 9.87. The Hall–Kier alpha value is -1.13. The van der Waals surface area contributed by atoms with Gasteiger partial charge in [-0.15, -0.1) is 4.91 Å². The van der Waals surface area contributed by atoms with E-state index in [-0.39, 0.29) is 5.92 Å². The highest BCUT2D eigenvalue weighted by Gasteiger charge is 2.12. The van der Waals surface area contributed by atoms with Crippen LogP contribution in [0.3, 0.4) is 0 Å². The smallest absolute Gasteiger partial charge is 0.339 e. The molecule has 0 heterocycles. The van der Waals surface area contributed by atoms with E-state index in [1.54, 1.807) is 0 Å². The monoisotopic (exact) mass is 159 g/mol. The van der Waals surface area contributed by atoms with Crippen molar-refractivity contribution in [1.82, 2.24) is 10.3 Å². The number of nitrogens with zero attached hydrogens (tertiary/aromatic N) is 2. The topological polar surface area (TPSA) is 61.8 Å². The third kappa shape index (κ3) is 3.54. The lowest BCUT2D eigenvalue weighted by Gasteiger charge is -2.14. The average molecular weight is 159 g/mol. The Labute approximate surface area is 65.7 Å². The van der Waals surface area contributed by atoms with Crippen LogP contribution in [-0.2, 0) is 0 Å². The van der Waals surface area contributed by atoms with Crippen LogP contribution in [0.5, 0.6) is 0 Å². The van der Waals surface area contributed by atoms with Crippen LogP contribution < -0.4 is 5.32 Å².